The SMILES string of the molecule is Cc1cc(=O)n2nc(N3CCc4ncc(-c5cnn(C6CC6)c5)cc4C3)c(C)cc2n1. The molecule has 31 heavy (non-hydrogen) atoms. The molecule has 156 valence electrons. The van der Waals surface area contributed by atoms with E-state index in [9.17, 15) is 4.79 Å². The number of pyridine rings is 1. The van der Waals surface area contributed by atoms with Gasteiger partial charge in [0.2, 0.25) is 0 Å². The Morgan fingerprint density at radius 1 is 1.06 bits per heavy atom. The van der Waals surface area contributed by atoms with Crippen LogP contribution in [0.1, 0.15) is 41.4 Å². The van der Waals surface area contributed by atoms with Crippen molar-refractivity contribution in [1.29, 1.82) is 0 Å². The van der Waals surface area contributed by atoms with Crippen molar-refractivity contribution in [2.24, 2.45) is 0 Å². The van der Waals surface area contributed by atoms with E-state index in [-0.39, 0.29) is 5.56 Å². The van der Waals surface area contributed by atoms with Gasteiger partial charge in [-0.3, -0.25) is 14.5 Å². The van der Waals surface area contributed by atoms with E-state index < -0.39 is 0 Å². The van der Waals surface area contributed by atoms with Gasteiger partial charge in [-0.1, -0.05) is 0 Å². The molecule has 0 atom stereocenters. The van der Waals surface area contributed by atoms with Crippen LogP contribution in [0.5, 0.6) is 0 Å². The van der Waals surface area contributed by atoms with Gasteiger partial charge in [0, 0.05) is 60.5 Å². The maximum absolute atomic E-state index is 12.4. The Bertz CT molecular complexity index is 1380. The second kappa shape index (κ2) is 6.73. The summed E-state index contributed by atoms with van der Waals surface area (Å²) in [7, 11) is 0. The summed E-state index contributed by atoms with van der Waals surface area (Å²) in [4.78, 5) is 23.8. The zero-order valence-corrected chi connectivity index (χ0v) is 17.6. The first-order valence-corrected chi connectivity index (χ1v) is 10.7. The fraction of sp³-hybridized carbons (Fsp3) is 0.348. The zero-order valence-electron chi connectivity index (χ0n) is 17.6. The molecule has 4 aromatic rings. The average molecular weight is 413 g/mol. The van der Waals surface area contributed by atoms with E-state index in [1.165, 1.54) is 29.0 Å². The van der Waals surface area contributed by atoms with Gasteiger partial charge in [-0.25, -0.2) is 4.98 Å². The van der Waals surface area contributed by atoms with Crippen LogP contribution in [0.3, 0.4) is 0 Å². The Kier molecular flexibility index (Phi) is 3.96. The van der Waals surface area contributed by atoms with Crippen molar-refractivity contribution in [3.8, 4) is 11.1 Å². The van der Waals surface area contributed by atoms with Crippen molar-refractivity contribution in [3.63, 3.8) is 0 Å². The van der Waals surface area contributed by atoms with Gasteiger partial charge in [-0.05, 0) is 49.9 Å². The summed E-state index contributed by atoms with van der Waals surface area (Å²) in [6, 6.07) is 6.24. The van der Waals surface area contributed by atoms with Crippen LogP contribution >= 0.6 is 0 Å². The standard InChI is InChI=1S/C23H23N7O/c1-14-7-21-26-15(2)8-22(31)30(21)27-23(14)28-6-5-20-17(12-28)9-16(10-24-20)18-11-25-29(13-18)19-3-4-19/h7-11,13,19H,3-6,12H2,1-2H3. The molecule has 0 unspecified atom stereocenters. The van der Waals surface area contributed by atoms with E-state index in [0.29, 0.717) is 23.9 Å². The molecule has 8 nitrogen and oxygen atoms in total. The maximum atomic E-state index is 12.4. The third kappa shape index (κ3) is 3.19. The Balaban J connectivity index is 1.35. The minimum Gasteiger partial charge on any atom is -0.350 e. The van der Waals surface area contributed by atoms with Crippen LogP contribution in [0.25, 0.3) is 16.8 Å². The lowest BCUT2D eigenvalue weighted by Crippen LogP contribution is -2.33. The number of nitrogens with zero attached hydrogens (tertiary/aromatic N) is 7. The first kappa shape index (κ1) is 18.2. The fourth-order valence-corrected chi connectivity index (χ4v) is 4.34. The van der Waals surface area contributed by atoms with Crippen molar-refractivity contribution in [1.82, 2.24) is 29.4 Å². The van der Waals surface area contributed by atoms with Crippen molar-refractivity contribution >= 4 is 11.5 Å². The fourth-order valence-electron chi connectivity index (χ4n) is 4.34. The molecule has 0 saturated heterocycles. The van der Waals surface area contributed by atoms with E-state index in [1.807, 2.05) is 32.3 Å². The van der Waals surface area contributed by atoms with Crippen LogP contribution in [-0.4, -0.2) is 35.9 Å². The van der Waals surface area contributed by atoms with Crippen molar-refractivity contribution in [3.05, 3.63) is 69.7 Å². The Morgan fingerprint density at radius 3 is 2.77 bits per heavy atom. The number of hydrogen-bond acceptors (Lipinski definition) is 6. The second-order valence-corrected chi connectivity index (χ2v) is 8.60. The summed E-state index contributed by atoms with van der Waals surface area (Å²) >= 11 is 0. The average Bonchev–Trinajstić information content (AvgIpc) is 3.49. The summed E-state index contributed by atoms with van der Waals surface area (Å²) in [6.07, 6.45) is 9.29. The molecule has 1 saturated carbocycles. The molecule has 0 spiro atoms. The minimum atomic E-state index is -0.155. The highest BCUT2D eigenvalue weighted by Crippen LogP contribution is 2.35. The number of rotatable bonds is 3. The lowest BCUT2D eigenvalue weighted by molar-refractivity contribution is 0.642. The molecule has 6 rings (SSSR count). The van der Waals surface area contributed by atoms with Gasteiger partial charge < -0.3 is 4.90 Å². The minimum absolute atomic E-state index is 0.155. The summed E-state index contributed by atoms with van der Waals surface area (Å²) in [5, 5.41) is 9.17. The first-order chi connectivity index (χ1) is 15.0. The molecule has 5 heterocycles. The number of fused-ring (bicyclic) bond motifs is 2. The van der Waals surface area contributed by atoms with Crippen molar-refractivity contribution < 1.29 is 0 Å². The number of aromatic nitrogens is 6. The van der Waals surface area contributed by atoms with E-state index in [0.717, 1.165) is 41.2 Å². The Hall–Kier alpha value is -3.55. The van der Waals surface area contributed by atoms with Gasteiger partial charge in [0.15, 0.2) is 11.5 Å². The van der Waals surface area contributed by atoms with Crippen LogP contribution in [0.15, 0.2) is 41.6 Å². The van der Waals surface area contributed by atoms with E-state index in [4.69, 9.17) is 4.98 Å². The van der Waals surface area contributed by atoms with E-state index in [2.05, 4.69) is 37.0 Å². The van der Waals surface area contributed by atoms with Crippen molar-refractivity contribution in [2.45, 2.75) is 45.7 Å². The van der Waals surface area contributed by atoms with Crippen LogP contribution in [0.4, 0.5) is 5.82 Å². The summed E-state index contributed by atoms with van der Waals surface area (Å²) in [5.74, 6) is 0.817. The molecule has 0 bridgehead atoms. The van der Waals surface area contributed by atoms with Crippen LogP contribution in [-0.2, 0) is 13.0 Å². The van der Waals surface area contributed by atoms with E-state index in [1.54, 1.807) is 0 Å². The summed E-state index contributed by atoms with van der Waals surface area (Å²) < 4.78 is 3.46. The Labute approximate surface area is 179 Å². The van der Waals surface area contributed by atoms with Crippen LogP contribution < -0.4 is 10.5 Å². The molecule has 1 aliphatic carbocycles. The number of anilines is 1. The molecule has 0 amide bonds. The monoisotopic (exact) mass is 413 g/mol. The molecule has 1 fully saturated rings. The molecular weight excluding hydrogens is 390 g/mol. The lowest BCUT2D eigenvalue weighted by Gasteiger charge is -2.30. The zero-order chi connectivity index (χ0) is 21.1. The smallest absolute Gasteiger partial charge is 0.274 e. The predicted molar refractivity (Wildman–Crippen MR) is 117 cm³/mol. The predicted octanol–water partition coefficient (Wildman–Crippen LogP) is 2.86. The normalized spacial score (nSPS) is 16.0. The van der Waals surface area contributed by atoms with Crippen LogP contribution in [0.2, 0.25) is 0 Å². The number of aryl methyl sites for hydroxylation is 2. The molecule has 2 aliphatic rings. The molecular formula is C23H23N7O. The van der Waals surface area contributed by atoms with Gasteiger partial charge >= 0.3 is 0 Å². The van der Waals surface area contributed by atoms with E-state index >= 15 is 0 Å². The van der Waals surface area contributed by atoms with Gasteiger partial charge in [-0.15, -0.1) is 5.10 Å². The quantitative estimate of drug-likeness (QED) is 0.514. The Morgan fingerprint density at radius 2 is 1.94 bits per heavy atom. The molecule has 4 aromatic heterocycles. The highest BCUT2D eigenvalue weighted by molar-refractivity contribution is 5.63. The lowest BCUT2D eigenvalue weighted by atomic mass is 10.0. The largest absolute Gasteiger partial charge is 0.350 e. The molecule has 0 aromatic carbocycles. The van der Waals surface area contributed by atoms with Gasteiger partial charge in [0.25, 0.3) is 5.56 Å². The maximum Gasteiger partial charge on any atom is 0.274 e. The highest BCUT2D eigenvalue weighted by atomic mass is 16.1. The van der Waals surface area contributed by atoms with Gasteiger partial charge in [-0.2, -0.15) is 9.61 Å². The molecule has 0 N–H and O–H groups in total. The highest BCUT2D eigenvalue weighted by Gasteiger charge is 2.25. The van der Waals surface area contributed by atoms with Crippen molar-refractivity contribution in [2.75, 3.05) is 11.4 Å². The molecule has 0 radical (unpaired) electrons. The molecule has 1 aliphatic heterocycles. The third-order valence-corrected chi connectivity index (χ3v) is 6.14. The summed E-state index contributed by atoms with van der Waals surface area (Å²) in [5.41, 5.74) is 6.66. The first-order valence-electron chi connectivity index (χ1n) is 10.7. The molecule has 8 heteroatoms. The number of hydrogen-bond donors (Lipinski definition) is 0. The van der Waals surface area contributed by atoms with Gasteiger partial charge in [0.05, 0.1) is 12.2 Å². The van der Waals surface area contributed by atoms with Gasteiger partial charge in [0.1, 0.15) is 0 Å². The third-order valence-electron chi connectivity index (χ3n) is 6.14. The second-order valence-electron chi connectivity index (χ2n) is 8.60. The topological polar surface area (TPSA) is 81.2 Å². The van der Waals surface area contributed by atoms with Crippen LogP contribution in [0, 0.1) is 13.8 Å². The summed E-state index contributed by atoms with van der Waals surface area (Å²) in [6.45, 7) is 5.37.